The molecule has 20 heavy (non-hydrogen) atoms. The first-order chi connectivity index (χ1) is 9.44. The molecular weight excluding hydrogens is 258 g/mol. The number of ether oxygens (including phenoxy) is 2. The van der Waals surface area contributed by atoms with Gasteiger partial charge in [-0.05, 0) is 38.5 Å². The Balaban J connectivity index is 2.04. The van der Waals surface area contributed by atoms with Crippen LogP contribution in [-0.4, -0.2) is 49.1 Å². The summed E-state index contributed by atoms with van der Waals surface area (Å²) < 4.78 is 10.9. The van der Waals surface area contributed by atoms with Gasteiger partial charge >= 0.3 is 5.97 Å². The Morgan fingerprint density at radius 2 is 1.95 bits per heavy atom. The molecule has 1 rings (SSSR count). The zero-order valence-electron chi connectivity index (χ0n) is 13.0. The van der Waals surface area contributed by atoms with E-state index >= 15 is 0 Å². The van der Waals surface area contributed by atoms with E-state index in [0.29, 0.717) is 38.2 Å². The second kappa shape index (κ2) is 8.60. The highest BCUT2D eigenvalue weighted by atomic mass is 16.5. The summed E-state index contributed by atoms with van der Waals surface area (Å²) in [4.78, 5) is 11.3. The van der Waals surface area contributed by atoms with Crippen molar-refractivity contribution in [2.45, 2.75) is 58.0 Å². The van der Waals surface area contributed by atoms with Crippen LogP contribution in [0.3, 0.4) is 0 Å². The highest BCUT2D eigenvalue weighted by Crippen LogP contribution is 2.25. The summed E-state index contributed by atoms with van der Waals surface area (Å²) in [6.45, 7) is 8.51. The number of carboxylic acids is 1. The number of rotatable bonds is 12. The minimum Gasteiger partial charge on any atom is -0.480 e. The maximum Gasteiger partial charge on any atom is 0.323 e. The van der Waals surface area contributed by atoms with Crippen LogP contribution in [0.5, 0.6) is 0 Å². The van der Waals surface area contributed by atoms with Gasteiger partial charge in [0.05, 0.1) is 13.2 Å². The molecule has 0 aromatic heterocycles. The molecule has 1 aliphatic carbocycles. The maximum atomic E-state index is 11.3. The van der Waals surface area contributed by atoms with Crippen LogP contribution >= 0.6 is 0 Å². The second-order valence-electron chi connectivity index (χ2n) is 6.24. The zero-order valence-corrected chi connectivity index (χ0v) is 13.0. The van der Waals surface area contributed by atoms with Gasteiger partial charge in [-0.2, -0.15) is 0 Å². The molecule has 0 amide bonds. The number of carbonyl (C=O) groups is 1. The van der Waals surface area contributed by atoms with Gasteiger partial charge in [0.2, 0.25) is 0 Å². The third kappa shape index (κ3) is 7.22. The first kappa shape index (κ1) is 17.4. The Morgan fingerprint density at radius 3 is 2.50 bits per heavy atom. The number of carboxylic acid groups (broad SMARTS) is 1. The van der Waals surface area contributed by atoms with Gasteiger partial charge in [-0.3, -0.25) is 10.1 Å². The average Bonchev–Trinajstić information content (AvgIpc) is 3.15. The summed E-state index contributed by atoms with van der Waals surface area (Å²) >= 11 is 0. The maximum absolute atomic E-state index is 11.3. The van der Waals surface area contributed by atoms with Crippen LogP contribution in [-0.2, 0) is 14.3 Å². The lowest BCUT2D eigenvalue weighted by molar-refractivity contribution is -0.144. The lowest BCUT2D eigenvalue weighted by Crippen LogP contribution is -2.50. The third-order valence-corrected chi connectivity index (χ3v) is 3.36. The van der Waals surface area contributed by atoms with Crippen LogP contribution in [0.25, 0.3) is 0 Å². The van der Waals surface area contributed by atoms with Gasteiger partial charge in [0.15, 0.2) is 0 Å². The van der Waals surface area contributed by atoms with Crippen LogP contribution in [0.4, 0.5) is 0 Å². The molecule has 5 nitrogen and oxygen atoms in total. The minimum atomic E-state index is -0.821. The predicted molar refractivity (Wildman–Crippen MR) is 77.9 cm³/mol. The summed E-state index contributed by atoms with van der Waals surface area (Å²) in [6, 6.07) is 0.390. The molecule has 0 bridgehead atoms. The molecule has 1 saturated carbocycles. The molecule has 1 unspecified atom stereocenters. The SMILES string of the molecule is CC(C)COCCOCCCC(C)(NC1CC1)C(=O)O. The Morgan fingerprint density at radius 1 is 1.30 bits per heavy atom. The Kier molecular flexibility index (Phi) is 7.48. The second-order valence-corrected chi connectivity index (χ2v) is 6.24. The van der Waals surface area contributed by atoms with E-state index in [9.17, 15) is 9.90 Å². The summed E-state index contributed by atoms with van der Waals surface area (Å²) in [7, 11) is 0. The normalized spacial score (nSPS) is 18.2. The molecule has 0 aliphatic heterocycles. The fraction of sp³-hybridized carbons (Fsp3) is 0.933. The van der Waals surface area contributed by atoms with Gasteiger partial charge in [0, 0.05) is 19.3 Å². The topological polar surface area (TPSA) is 67.8 Å². The molecule has 0 saturated heterocycles. The van der Waals surface area contributed by atoms with Crippen LogP contribution < -0.4 is 5.32 Å². The van der Waals surface area contributed by atoms with Crippen LogP contribution in [0, 0.1) is 5.92 Å². The molecular formula is C15H29NO4. The first-order valence-electron chi connectivity index (χ1n) is 7.60. The molecule has 1 fully saturated rings. The summed E-state index contributed by atoms with van der Waals surface area (Å²) in [5.41, 5.74) is -0.821. The molecule has 2 N–H and O–H groups in total. The fourth-order valence-electron chi connectivity index (χ4n) is 1.99. The van der Waals surface area contributed by atoms with Crippen molar-refractivity contribution in [2.24, 2.45) is 5.92 Å². The Bertz CT molecular complexity index is 292. The summed E-state index contributed by atoms with van der Waals surface area (Å²) in [5.74, 6) is -0.232. The molecule has 0 radical (unpaired) electrons. The van der Waals surface area contributed by atoms with E-state index in [4.69, 9.17) is 9.47 Å². The smallest absolute Gasteiger partial charge is 0.323 e. The first-order valence-corrected chi connectivity index (χ1v) is 7.60. The van der Waals surface area contributed by atoms with Crippen molar-refractivity contribution in [2.75, 3.05) is 26.4 Å². The number of hydrogen-bond donors (Lipinski definition) is 2. The molecule has 118 valence electrons. The highest BCUT2D eigenvalue weighted by Gasteiger charge is 2.37. The lowest BCUT2D eigenvalue weighted by Gasteiger charge is -2.26. The van der Waals surface area contributed by atoms with E-state index in [1.807, 2.05) is 0 Å². The van der Waals surface area contributed by atoms with Gasteiger partial charge in [-0.1, -0.05) is 13.8 Å². The van der Waals surface area contributed by atoms with Gasteiger partial charge in [-0.25, -0.2) is 0 Å². The average molecular weight is 287 g/mol. The van der Waals surface area contributed by atoms with Crippen LogP contribution in [0.2, 0.25) is 0 Å². The van der Waals surface area contributed by atoms with Gasteiger partial charge < -0.3 is 14.6 Å². The monoisotopic (exact) mass is 287 g/mol. The van der Waals surface area contributed by atoms with Gasteiger partial charge in [0.1, 0.15) is 5.54 Å². The molecule has 5 heteroatoms. The van der Waals surface area contributed by atoms with E-state index in [1.165, 1.54) is 0 Å². The summed E-state index contributed by atoms with van der Waals surface area (Å²) in [5, 5.41) is 12.5. The van der Waals surface area contributed by atoms with Crippen LogP contribution in [0.15, 0.2) is 0 Å². The zero-order chi connectivity index (χ0) is 15.0. The fourth-order valence-corrected chi connectivity index (χ4v) is 1.99. The standard InChI is InChI=1S/C15H29NO4/c1-12(2)11-20-10-9-19-8-4-7-15(3,14(17)18)16-13-5-6-13/h12-13,16H,4-11H2,1-3H3,(H,17,18). The number of aliphatic carboxylic acids is 1. The molecule has 0 spiro atoms. The quantitative estimate of drug-likeness (QED) is 0.538. The number of nitrogens with one attached hydrogen (secondary N) is 1. The van der Waals surface area contributed by atoms with Crippen molar-refractivity contribution >= 4 is 5.97 Å². The lowest BCUT2D eigenvalue weighted by atomic mass is 9.96. The third-order valence-electron chi connectivity index (χ3n) is 3.36. The van der Waals surface area contributed by atoms with Crippen LogP contribution in [0.1, 0.15) is 46.5 Å². The summed E-state index contributed by atoms with van der Waals surface area (Å²) in [6.07, 6.45) is 3.51. The van der Waals surface area contributed by atoms with Crippen molar-refractivity contribution < 1.29 is 19.4 Å². The van der Waals surface area contributed by atoms with E-state index < -0.39 is 11.5 Å². The highest BCUT2D eigenvalue weighted by molar-refractivity contribution is 5.78. The van der Waals surface area contributed by atoms with E-state index in [2.05, 4.69) is 19.2 Å². The van der Waals surface area contributed by atoms with Gasteiger partial charge in [0.25, 0.3) is 0 Å². The van der Waals surface area contributed by atoms with E-state index in [-0.39, 0.29) is 0 Å². The molecule has 1 atom stereocenters. The largest absolute Gasteiger partial charge is 0.480 e. The van der Waals surface area contributed by atoms with E-state index in [1.54, 1.807) is 6.92 Å². The van der Waals surface area contributed by atoms with Crippen molar-refractivity contribution in [3.63, 3.8) is 0 Å². The van der Waals surface area contributed by atoms with Crippen molar-refractivity contribution in [1.29, 1.82) is 0 Å². The van der Waals surface area contributed by atoms with Crippen molar-refractivity contribution in [3.8, 4) is 0 Å². The molecule has 0 aromatic carbocycles. The Hall–Kier alpha value is -0.650. The molecule has 0 aromatic rings. The van der Waals surface area contributed by atoms with Crippen molar-refractivity contribution in [1.82, 2.24) is 5.32 Å². The van der Waals surface area contributed by atoms with Gasteiger partial charge in [-0.15, -0.1) is 0 Å². The predicted octanol–water partition coefficient (Wildman–Crippen LogP) is 2.05. The Labute approximate surface area is 122 Å². The molecule has 1 aliphatic rings. The van der Waals surface area contributed by atoms with E-state index in [0.717, 1.165) is 25.9 Å². The van der Waals surface area contributed by atoms with Crippen molar-refractivity contribution in [3.05, 3.63) is 0 Å². The minimum absolute atomic E-state index is 0.390. The number of hydrogen-bond acceptors (Lipinski definition) is 4. The molecule has 0 heterocycles.